The molecule has 3 rings (SSSR count). The molecule has 6 amide bonds. The van der Waals surface area contributed by atoms with Gasteiger partial charge in [0.2, 0.25) is 12.0 Å². The summed E-state index contributed by atoms with van der Waals surface area (Å²) in [7, 11) is 0. The standard InChI is InChI=1S/C19H25N5O11/c1-3-22-6-7-23(17(30)16(22)29)19(32)21-13(9(2)25)14(27)20-10-8-33-24(15(10)28)35-18(31)11-4-5-12(26)34-11/h9-11,13,25H,3-8H2,1-2H3,(H,20,27)(H,21,32)/t9-,10-,11?,13+/m0/s1. The maximum absolute atomic E-state index is 12.7. The lowest BCUT2D eigenvalue weighted by atomic mass is 10.1. The zero-order chi connectivity index (χ0) is 25.9. The summed E-state index contributed by atoms with van der Waals surface area (Å²) < 4.78 is 4.73. The highest BCUT2D eigenvalue weighted by atomic mass is 17.0. The Hall–Kier alpha value is -3.79. The molecule has 4 atom stereocenters. The lowest BCUT2D eigenvalue weighted by molar-refractivity contribution is -0.306. The van der Waals surface area contributed by atoms with E-state index in [1.54, 1.807) is 6.92 Å². The molecule has 0 aliphatic carbocycles. The molecular weight excluding hydrogens is 474 g/mol. The second-order valence-corrected chi connectivity index (χ2v) is 7.89. The van der Waals surface area contributed by atoms with Crippen molar-refractivity contribution in [1.82, 2.24) is 25.7 Å². The summed E-state index contributed by atoms with van der Waals surface area (Å²) in [5.41, 5.74) is 0. The lowest BCUT2D eigenvalue weighted by Crippen LogP contribution is -2.62. The van der Waals surface area contributed by atoms with Crippen molar-refractivity contribution in [2.75, 3.05) is 26.2 Å². The summed E-state index contributed by atoms with van der Waals surface area (Å²) in [6.45, 7) is 2.72. The van der Waals surface area contributed by atoms with Gasteiger partial charge in [-0.3, -0.25) is 28.9 Å². The van der Waals surface area contributed by atoms with E-state index in [1.807, 2.05) is 0 Å². The third kappa shape index (κ3) is 5.65. The Balaban J connectivity index is 1.56. The largest absolute Gasteiger partial charge is 0.450 e. The Morgan fingerprint density at radius 3 is 2.49 bits per heavy atom. The molecule has 3 saturated heterocycles. The predicted molar refractivity (Wildman–Crippen MR) is 108 cm³/mol. The summed E-state index contributed by atoms with van der Waals surface area (Å²) in [4.78, 5) is 96.5. The summed E-state index contributed by atoms with van der Waals surface area (Å²) in [6.07, 6.45) is -2.54. The number of esters is 1. The van der Waals surface area contributed by atoms with Crippen LogP contribution < -0.4 is 10.6 Å². The van der Waals surface area contributed by atoms with Crippen molar-refractivity contribution in [1.29, 1.82) is 0 Å². The number of carbonyl (C=O) groups excluding carboxylic acids is 7. The summed E-state index contributed by atoms with van der Waals surface area (Å²) in [6, 6.07) is -4.01. The maximum atomic E-state index is 12.7. The van der Waals surface area contributed by atoms with Gasteiger partial charge in [0, 0.05) is 32.5 Å². The van der Waals surface area contributed by atoms with E-state index >= 15 is 0 Å². The van der Waals surface area contributed by atoms with E-state index in [0.717, 1.165) is 0 Å². The molecule has 3 N–H and O–H groups in total. The van der Waals surface area contributed by atoms with E-state index in [2.05, 4.69) is 10.6 Å². The molecule has 16 heteroatoms. The molecule has 35 heavy (non-hydrogen) atoms. The Kier molecular flexibility index (Phi) is 7.85. The number of hydrogen-bond donors (Lipinski definition) is 3. The molecule has 3 aliphatic rings. The second-order valence-electron chi connectivity index (χ2n) is 7.89. The Morgan fingerprint density at radius 1 is 1.17 bits per heavy atom. The van der Waals surface area contributed by atoms with Crippen LogP contribution in [0.5, 0.6) is 0 Å². The minimum atomic E-state index is -1.60. The molecule has 3 heterocycles. The molecule has 0 aromatic heterocycles. The fraction of sp³-hybridized carbons (Fsp3) is 0.632. The van der Waals surface area contributed by atoms with Crippen molar-refractivity contribution in [2.24, 2.45) is 0 Å². The van der Waals surface area contributed by atoms with E-state index in [9.17, 15) is 38.7 Å². The highest BCUT2D eigenvalue weighted by molar-refractivity contribution is 6.38. The molecule has 0 bridgehead atoms. The van der Waals surface area contributed by atoms with Crippen molar-refractivity contribution in [3.8, 4) is 0 Å². The minimum absolute atomic E-state index is 0.0216. The van der Waals surface area contributed by atoms with Gasteiger partial charge in [0.15, 0.2) is 0 Å². The average Bonchev–Trinajstić information content (AvgIpc) is 3.39. The van der Waals surface area contributed by atoms with Gasteiger partial charge in [0.25, 0.3) is 0 Å². The van der Waals surface area contributed by atoms with Crippen LogP contribution in [0.25, 0.3) is 0 Å². The number of amides is 6. The van der Waals surface area contributed by atoms with Gasteiger partial charge in [-0.05, 0) is 19.1 Å². The van der Waals surface area contributed by atoms with Crippen molar-refractivity contribution in [3.05, 3.63) is 0 Å². The first-order valence-electron chi connectivity index (χ1n) is 10.8. The van der Waals surface area contributed by atoms with Crippen LogP contribution >= 0.6 is 0 Å². The quantitative estimate of drug-likeness (QED) is 0.232. The topological polar surface area (TPSA) is 201 Å². The van der Waals surface area contributed by atoms with Gasteiger partial charge in [0.1, 0.15) is 18.7 Å². The number of aliphatic hydroxyl groups excluding tert-OH is 1. The van der Waals surface area contributed by atoms with Crippen LogP contribution in [0.3, 0.4) is 0 Å². The first-order chi connectivity index (χ1) is 16.5. The highest BCUT2D eigenvalue weighted by Gasteiger charge is 2.42. The third-order valence-electron chi connectivity index (χ3n) is 5.45. The normalized spacial score (nSPS) is 24.3. The van der Waals surface area contributed by atoms with Crippen molar-refractivity contribution in [2.45, 2.75) is 51.0 Å². The second kappa shape index (κ2) is 10.6. The number of hydrogen-bond acceptors (Lipinski definition) is 11. The molecule has 0 aromatic rings. The number of carbonyl (C=O) groups is 7. The first-order valence-corrected chi connectivity index (χ1v) is 10.8. The number of nitrogens with one attached hydrogen (secondary N) is 2. The maximum Gasteiger partial charge on any atom is 0.375 e. The fourth-order valence-electron chi connectivity index (χ4n) is 3.46. The average molecular weight is 499 g/mol. The van der Waals surface area contributed by atoms with Crippen molar-refractivity contribution >= 4 is 41.6 Å². The molecule has 0 aromatic carbocycles. The number of aliphatic hydroxyl groups is 1. The zero-order valence-electron chi connectivity index (χ0n) is 18.9. The van der Waals surface area contributed by atoms with Crippen molar-refractivity contribution < 1.29 is 53.1 Å². The van der Waals surface area contributed by atoms with E-state index < -0.39 is 72.5 Å². The number of hydroxylamine groups is 2. The van der Waals surface area contributed by atoms with E-state index in [1.165, 1.54) is 11.8 Å². The van der Waals surface area contributed by atoms with Crippen LogP contribution in [-0.4, -0.2) is 112 Å². The summed E-state index contributed by atoms with van der Waals surface area (Å²) in [5, 5.41) is 14.7. The number of nitrogens with zero attached hydrogens (tertiary/aromatic N) is 3. The van der Waals surface area contributed by atoms with Gasteiger partial charge < -0.3 is 30.2 Å². The van der Waals surface area contributed by atoms with Crippen molar-refractivity contribution in [3.63, 3.8) is 0 Å². The van der Waals surface area contributed by atoms with Crippen LogP contribution in [0, 0.1) is 0 Å². The monoisotopic (exact) mass is 499 g/mol. The number of imide groups is 1. The molecule has 1 unspecified atom stereocenters. The van der Waals surface area contributed by atoms with Gasteiger partial charge in [0.05, 0.1) is 6.10 Å². The minimum Gasteiger partial charge on any atom is -0.450 e. The lowest BCUT2D eigenvalue weighted by Gasteiger charge is -2.33. The molecular formula is C19H25N5O11. The molecule has 0 saturated carbocycles. The molecule has 0 spiro atoms. The Labute approximate surface area is 198 Å². The van der Waals surface area contributed by atoms with Gasteiger partial charge in [-0.25, -0.2) is 14.4 Å². The highest BCUT2D eigenvalue weighted by Crippen LogP contribution is 2.17. The van der Waals surface area contributed by atoms with Crippen LogP contribution in [0.1, 0.15) is 26.7 Å². The smallest absolute Gasteiger partial charge is 0.375 e. The Bertz CT molecular complexity index is 938. The Morgan fingerprint density at radius 2 is 1.89 bits per heavy atom. The van der Waals surface area contributed by atoms with E-state index in [0.29, 0.717) is 4.90 Å². The van der Waals surface area contributed by atoms with Crippen LogP contribution in [0.15, 0.2) is 0 Å². The first kappa shape index (κ1) is 25.8. The molecule has 3 aliphatic heterocycles. The number of ether oxygens (including phenoxy) is 1. The number of rotatable bonds is 7. The van der Waals surface area contributed by atoms with Crippen LogP contribution in [0.4, 0.5) is 4.79 Å². The molecule has 16 nitrogen and oxygen atoms in total. The van der Waals surface area contributed by atoms with Gasteiger partial charge >= 0.3 is 35.7 Å². The predicted octanol–water partition coefficient (Wildman–Crippen LogP) is -3.44. The van der Waals surface area contributed by atoms with Gasteiger partial charge in [-0.15, -0.1) is 0 Å². The summed E-state index contributed by atoms with van der Waals surface area (Å²) >= 11 is 0. The van der Waals surface area contributed by atoms with E-state index in [-0.39, 0.29) is 37.7 Å². The third-order valence-corrected chi connectivity index (χ3v) is 5.45. The zero-order valence-corrected chi connectivity index (χ0v) is 18.9. The number of piperazine rings is 1. The summed E-state index contributed by atoms with van der Waals surface area (Å²) in [5.74, 6) is -5.54. The van der Waals surface area contributed by atoms with Gasteiger partial charge in [-0.2, -0.15) is 0 Å². The molecule has 0 radical (unpaired) electrons. The van der Waals surface area contributed by atoms with Gasteiger partial charge in [-0.1, -0.05) is 0 Å². The number of likely N-dealkylation sites (N-methyl/N-ethyl adjacent to an activating group) is 1. The fourth-order valence-corrected chi connectivity index (χ4v) is 3.46. The molecule has 192 valence electrons. The molecule has 3 fully saturated rings. The number of urea groups is 1. The van der Waals surface area contributed by atoms with Crippen LogP contribution in [0.2, 0.25) is 0 Å². The number of cyclic esters (lactones) is 1. The van der Waals surface area contributed by atoms with E-state index in [4.69, 9.17) is 14.4 Å². The van der Waals surface area contributed by atoms with Crippen LogP contribution in [-0.2, 0) is 43.2 Å². The SMILES string of the molecule is CCN1CCN(C(=O)N[C@@H](C(=O)N[C@H]2CON(OC(=O)C3CCC(=O)O3)C2=O)[C@H](C)O)C(=O)C1=O.